The molecule has 2 fully saturated rings. The van der Waals surface area contributed by atoms with E-state index >= 15 is 0 Å². The van der Waals surface area contributed by atoms with Gasteiger partial charge in [0.25, 0.3) is 0 Å². The molecule has 1 aromatic carbocycles. The second kappa shape index (κ2) is 13.4. The van der Waals surface area contributed by atoms with Crippen molar-refractivity contribution in [3.63, 3.8) is 0 Å². The molecule has 1 amide bonds. The van der Waals surface area contributed by atoms with Gasteiger partial charge in [-0.25, -0.2) is 0 Å². The second-order valence-electron chi connectivity index (χ2n) is 7.68. The van der Waals surface area contributed by atoms with E-state index in [9.17, 15) is 4.79 Å². The number of ether oxygens (including phenoxy) is 1. The van der Waals surface area contributed by atoms with Gasteiger partial charge >= 0.3 is 0 Å². The smallest absolute Gasteiger partial charge is 0.221 e. The fraction of sp³-hybridized carbons (Fsp3) is 0.667. The first-order valence-electron chi connectivity index (χ1n) is 10.1. The van der Waals surface area contributed by atoms with Crippen molar-refractivity contribution in [1.82, 2.24) is 15.5 Å². The summed E-state index contributed by atoms with van der Waals surface area (Å²) in [4.78, 5) is 14.7. The maximum Gasteiger partial charge on any atom is 0.221 e. The Hall–Kier alpha value is -0.850. The number of benzene rings is 1. The standard InChI is InChI=1S/C21H33N3O2.2ClH/c1-24(20-9-3-2-4-10-20)15-18-8-6-5-7-17(18)14-23-21(25)13-19-16-26-12-11-22-19;;/h5-8,19-20,22H,2-4,9-16H2,1H3,(H,23,25);2*1H. The number of carbonyl (C=O) groups is 1. The molecule has 3 rings (SSSR count). The SMILES string of the molecule is CN(Cc1ccccc1CNC(=O)CC1COCCN1)C1CCCCC1.Cl.Cl. The highest BCUT2D eigenvalue weighted by Crippen LogP contribution is 2.23. The average molecular weight is 432 g/mol. The summed E-state index contributed by atoms with van der Waals surface area (Å²) < 4.78 is 5.42. The van der Waals surface area contributed by atoms with E-state index in [1.54, 1.807) is 0 Å². The van der Waals surface area contributed by atoms with E-state index in [0.717, 1.165) is 19.7 Å². The highest BCUT2D eigenvalue weighted by molar-refractivity contribution is 5.85. The number of carbonyl (C=O) groups excluding carboxylic acids is 1. The molecule has 0 bridgehead atoms. The average Bonchev–Trinajstić information content (AvgIpc) is 2.69. The van der Waals surface area contributed by atoms with Crippen molar-refractivity contribution < 1.29 is 9.53 Å². The number of nitrogens with one attached hydrogen (secondary N) is 2. The number of halogens is 2. The Morgan fingerprint density at radius 2 is 1.89 bits per heavy atom. The minimum Gasteiger partial charge on any atom is -0.378 e. The van der Waals surface area contributed by atoms with Crippen molar-refractivity contribution in [3.8, 4) is 0 Å². The lowest BCUT2D eigenvalue weighted by Gasteiger charge is -2.31. The molecule has 0 aromatic heterocycles. The van der Waals surface area contributed by atoms with Crippen LogP contribution in [0.2, 0.25) is 0 Å². The first-order chi connectivity index (χ1) is 12.7. The molecule has 1 atom stereocenters. The first-order valence-corrected chi connectivity index (χ1v) is 10.1. The Bertz CT molecular complexity index is 577. The van der Waals surface area contributed by atoms with E-state index in [1.807, 2.05) is 0 Å². The third-order valence-electron chi connectivity index (χ3n) is 5.64. The van der Waals surface area contributed by atoms with Crippen molar-refractivity contribution in [2.24, 2.45) is 0 Å². The lowest BCUT2D eigenvalue weighted by atomic mass is 9.94. The van der Waals surface area contributed by atoms with Gasteiger partial charge in [-0.3, -0.25) is 9.69 Å². The molecule has 1 saturated carbocycles. The zero-order valence-electron chi connectivity index (χ0n) is 16.8. The number of morpholine rings is 1. The van der Waals surface area contributed by atoms with Crippen LogP contribution in [0.3, 0.4) is 0 Å². The predicted octanol–water partition coefficient (Wildman–Crippen LogP) is 3.29. The molecule has 1 aromatic rings. The molecule has 1 saturated heterocycles. The van der Waals surface area contributed by atoms with Crippen LogP contribution in [-0.4, -0.2) is 49.7 Å². The molecule has 0 spiro atoms. The summed E-state index contributed by atoms with van der Waals surface area (Å²) >= 11 is 0. The number of amides is 1. The van der Waals surface area contributed by atoms with Gasteiger partial charge in [-0.15, -0.1) is 24.8 Å². The summed E-state index contributed by atoms with van der Waals surface area (Å²) in [6.45, 7) is 3.74. The predicted molar refractivity (Wildman–Crippen MR) is 118 cm³/mol. The van der Waals surface area contributed by atoms with Crippen LogP contribution < -0.4 is 10.6 Å². The summed E-state index contributed by atoms with van der Waals surface area (Å²) in [7, 11) is 2.24. The summed E-state index contributed by atoms with van der Waals surface area (Å²) in [5.41, 5.74) is 2.54. The lowest BCUT2D eigenvalue weighted by molar-refractivity contribution is -0.122. The largest absolute Gasteiger partial charge is 0.378 e. The zero-order chi connectivity index (χ0) is 18.2. The maximum atomic E-state index is 12.2. The Kier molecular flexibility index (Phi) is 12.0. The van der Waals surface area contributed by atoms with E-state index in [4.69, 9.17) is 4.74 Å². The van der Waals surface area contributed by atoms with Gasteiger partial charge in [0.15, 0.2) is 0 Å². The van der Waals surface area contributed by atoms with Crippen molar-refractivity contribution in [2.75, 3.05) is 26.8 Å². The Morgan fingerprint density at radius 3 is 2.57 bits per heavy atom. The number of hydrogen-bond acceptors (Lipinski definition) is 4. The van der Waals surface area contributed by atoms with Crippen LogP contribution in [0.25, 0.3) is 0 Å². The molecule has 7 heteroatoms. The van der Waals surface area contributed by atoms with Gasteiger partial charge < -0.3 is 15.4 Å². The Morgan fingerprint density at radius 1 is 1.18 bits per heavy atom. The van der Waals surface area contributed by atoms with Crippen LogP contribution in [0.1, 0.15) is 49.7 Å². The van der Waals surface area contributed by atoms with E-state index in [0.29, 0.717) is 25.6 Å². The highest BCUT2D eigenvalue weighted by Gasteiger charge is 2.19. The normalized spacial score (nSPS) is 20.1. The van der Waals surface area contributed by atoms with Gasteiger partial charge in [-0.1, -0.05) is 43.5 Å². The van der Waals surface area contributed by atoms with Crippen LogP contribution in [0, 0.1) is 0 Å². The van der Waals surface area contributed by atoms with E-state index in [2.05, 4.69) is 46.8 Å². The molecule has 160 valence electrons. The van der Waals surface area contributed by atoms with Crippen LogP contribution in [0.15, 0.2) is 24.3 Å². The van der Waals surface area contributed by atoms with Crippen LogP contribution >= 0.6 is 24.8 Å². The third-order valence-corrected chi connectivity index (χ3v) is 5.64. The van der Waals surface area contributed by atoms with Crippen LogP contribution in [0.4, 0.5) is 0 Å². The van der Waals surface area contributed by atoms with E-state index in [-0.39, 0.29) is 36.8 Å². The van der Waals surface area contributed by atoms with Crippen molar-refractivity contribution >= 4 is 30.7 Å². The molecule has 28 heavy (non-hydrogen) atoms. The topological polar surface area (TPSA) is 53.6 Å². The minimum atomic E-state index is 0. The van der Waals surface area contributed by atoms with Crippen molar-refractivity contribution in [2.45, 2.75) is 63.7 Å². The number of rotatable bonds is 7. The molecule has 1 aliphatic heterocycles. The van der Waals surface area contributed by atoms with Gasteiger partial charge in [0.2, 0.25) is 5.91 Å². The molecule has 5 nitrogen and oxygen atoms in total. The monoisotopic (exact) mass is 431 g/mol. The lowest BCUT2D eigenvalue weighted by Crippen LogP contribution is -2.44. The molecule has 1 heterocycles. The number of nitrogens with zero attached hydrogens (tertiary/aromatic N) is 1. The van der Waals surface area contributed by atoms with Gasteiger partial charge in [0, 0.05) is 38.1 Å². The van der Waals surface area contributed by atoms with Gasteiger partial charge in [0.05, 0.1) is 13.2 Å². The Labute approximate surface area is 181 Å². The van der Waals surface area contributed by atoms with Crippen molar-refractivity contribution in [3.05, 3.63) is 35.4 Å². The fourth-order valence-electron chi connectivity index (χ4n) is 4.04. The molecule has 1 aliphatic carbocycles. The molecule has 2 aliphatic rings. The molecular weight excluding hydrogens is 397 g/mol. The van der Waals surface area contributed by atoms with Crippen LogP contribution in [0.5, 0.6) is 0 Å². The molecule has 2 N–H and O–H groups in total. The molecular formula is C21H35Cl2N3O2. The Balaban J connectivity index is 0.00000196. The van der Waals surface area contributed by atoms with Gasteiger partial charge in [-0.05, 0) is 31.0 Å². The number of hydrogen-bond donors (Lipinski definition) is 2. The van der Waals surface area contributed by atoms with E-state index < -0.39 is 0 Å². The molecule has 1 unspecified atom stereocenters. The van der Waals surface area contributed by atoms with E-state index in [1.165, 1.54) is 43.2 Å². The second-order valence-corrected chi connectivity index (χ2v) is 7.68. The maximum absolute atomic E-state index is 12.2. The fourth-order valence-corrected chi connectivity index (χ4v) is 4.04. The summed E-state index contributed by atoms with van der Waals surface area (Å²) in [6, 6.07) is 9.31. The quantitative estimate of drug-likeness (QED) is 0.695. The first kappa shape index (κ1) is 25.2. The van der Waals surface area contributed by atoms with Crippen molar-refractivity contribution in [1.29, 1.82) is 0 Å². The minimum absolute atomic E-state index is 0. The summed E-state index contributed by atoms with van der Waals surface area (Å²) in [5.74, 6) is 0.0865. The summed E-state index contributed by atoms with van der Waals surface area (Å²) in [6.07, 6.45) is 7.19. The van der Waals surface area contributed by atoms with Crippen LogP contribution in [-0.2, 0) is 22.6 Å². The summed E-state index contributed by atoms with van der Waals surface area (Å²) in [5, 5.41) is 6.42. The van der Waals surface area contributed by atoms with Gasteiger partial charge in [-0.2, -0.15) is 0 Å². The van der Waals surface area contributed by atoms with Gasteiger partial charge in [0.1, 0.15) is 0 Å². The molecule has 0 radical (unpaired) electrons. The third kappa shape index (κ3) is 7.88. The zero-order valence-corrected chi connectivity index (χ0v) is 18.5. The highest BCUT2D eigenvalue weighted by atomic mass is 35.5.